The molecule has 0 aliphatic carbocycles. The monoisotopic (exact) mass is 275 g/mol. The zero-order valence-electron chi connectivity index (χ0n) is 9.03. The number of nitrogens with zero attached hydrogens (tertiary/aromatic N) is 1. The van der Waals surface area contributed by atoms with Crippen molar-refractivity contribution in [3.63, 3.8) is 0 Å². The first-order chi connectivity index (χ1) is 8.77. The van der Waals surface area contributed by atoms with E-state index in [0.29, 0.717) is 12.1 Å². The van der Waals surface area contributed by atoms with Crippen LogP contribution in [0.25, 0.3) is 11.3 Å². The van der Waals surface area contributed by atoms with E-state index in [1.165, 1.54) is 0 Å². The van der Waals surface area contributed by atoms with E-state index in [-0.39, 0.29) is 11.3 Å². The van der Waals surface area contributed by atoms with Crippen molar-refractivity contribution in [2.24, 2.45) is 0 Å². The number of rotatable bonds is 2. The van der Waals surface area contributed by atoms with Crippen molar-refractivity contribution in [3.05, 3.63) is 41.3 Å². The Kier molecular flexibility index (Phi) is 3.01. The maximum Gasteiger partial charge on any atom is 0.416 e. The summed E-state index contributed by atoms with van der Waals surface area (Å²) in [5, 5.41) is 11.7. The van der Waals surface area contributed by atoms with Crippen LogP contribution in [0.15, 0.2) is 28.8 Å². The number of hydrogen-bond donors (Lipinski definition) is 1. The number of halogens is 4. The van der Waals surface area contributed by atoms with Crippen LogP contribution < -0.4 is 0 Å². The van der Waals surface area contributed by atoms with Crippen LogP contribution in [-0.4, -0.2) is 16.2 Å². The fourth-order valence-corrected chi connectivity index (χ4v) is 1.41. The standard InChI is InChI=1S/C11H5F4NO3/c12-7-2-5(1-6(3-7)11(13,14)15)9-4-8(10(17)18)16-19-9/h1-4H,(H,17,18). The number of hydrogen-bond acceptors (Lipinski definition) is 3. The summed E-state index contributed by atoms with van der Waals surface area (Å²) in [6.45, 7) is 0. The molecule has 1 aromatic heterocycles. The van der Waals surface area contributed by atoms with Crippen LogP contribution >= 0.6 is 0 Å². The molecule has 0 unspecified atom stereocenters. The molecule has 0 saturated heterocycles. The number of carboxylic acid groups (broad SMARTS) is 1. The second-order valence-electron chi connectivity index (χ2n) is 3.61. The predicted octanol–water partition coefficient (Wildman–Crippen LogP) is 3.20. The van der Waals surface area contributed by atoms with Crippen LogP contribution in [-0.2, 0) is 6.18 Å². The lowest BCUT2D eigenvalue weighted by Crippen LogP contribution is -2.05. The van der Waals surface area contributed by atoms with Gasteiger partial charge in [0.2, 0.25) is 0 Å². The number of alkyl halides is 3. The second-order valence-corrected chi connectivity index (χ2v) is 3.61. The van der Waals surface area contributed by atoms with Gasteiger partial charge in [0, 0.05) is 11.6 Å². The third-order valence-electron chi connectivity index (χ3n) is 2.24. The number of benzene rings is 1. The van der Waals surface area contributed by atoms with E-state index in [1.54, 1.807) is 0 Å². The van der Waals surface area contributed by atoms with Gasteiger partial charge in [-0.25, -0.2) is 9.18 Å². The van der Waals surface area contributed by atoms with Crippen LogP contribution in [0, 0.1) is 5.82 Å². The Labute approximate surface area is 103 Å². The zero-order valence-corrected chi connectivity index (χ0v) is 9.03. The summed E-state index contributed by atoms with van der Waals surface area (Å²) in [5.74, 6) is -2.78. The van der Waals surface area contributed by atoms with Gasteiger partial charge in [0.25, 0.3) is 0 Å². The van der Waals surface area contributed by atoms with Gasteiger partial charge in [-0.3, -0.25) is 0 Å². The van der Waals surface area contributed by atoms with Gasteiger partial charge < -0.3 is 9.63 Å². The summed E-state index contributed by atoms with van der Waals surface area (Å²) in [5.41, 5.74) is -1.92. The third kappa shape index (κ3) is 2.72. The summed E-state index contributed by atoms with van der Waals surface area (Å²) in [6.07, 6.45) is -4.72. The molecule has 100 valence electrons. The van der Waals surface area contributed by atoms with E-state index in [9.17, 15) is 22.4 Å². The van der Waals surface area contributed by atoms with Crippen molar-refractivity contribution < 1.29 is 32.0 Å². The van der Waals surface area contributed by atoms with Crippen molar-refractivity contribution in [2.45, 2.75) is 6.18 Å². The van der Waals surface area contributed by atoms with Gasteiger partial charge in [-0.15, -0.1) is 0 Å². The highest BCUT2D eigenvalue weighted by molar-refractivity contribution is 5.86. The van der Waals surface area contributed by atoms with Crippen LogP contribution in [0.5, 0.6) is 0 Å². The Morgan fingerprint density at radius 2 is 1.89 bits per heavy atom. The quantitative estimate of drug-likeness (QED) is 0.855. The van der Waals surface area contributed by atoms with Gasteiger partial charge in [-0.05, 0) is 18.2 Å². The maximum absolute atomic E-state index is 13.1. The Morgan fingerprint density at radius 3 is 2.42 bits per heavy atom. The van der Waals surface area contributed by atoms with Gasteiger partial charge in [0.05, 0.1) is 5.56 Å². The summed E-state index contributed by atoms with van der Waals surface area (Å²) in [7, 11) is 0. The minimum atomic E-state index is -4.72. The summed E-state index contributed by atoms with van der Waals surface area (Å²) < 4.78 is 55.2. The van der Waals surface area contributed by atoms with Gasteiger partial charge in [-0.2, -0.15) is 13.2 Å². The van der Waals surface area contributed by atoms with Crippen molar-refractivity contribution >= 4 is 5.97 Å². The van der Waals surface area contributed by atoms with Crippen molar-refractivity contribution in [1.29, 1.82) is 0 Å². The summed E-state index contributed by atoms with van der Waals surface area (Å²) >= 11 is 0. The minimum absolute atomic E-state index is 0.243. The molecular weight excluding hydrogens is 270 g/mol. The molecule has 0 aliphatic rings. The fourth-order valence-electron chi connectivity index (χ4n) is 1.41. The molecule has 0 atom stereocenters. The largest absolute Gasteiger partial charge is 0.476 e. The SMILES string of the molecule is O=C(O)c1cc(-c2cc(F)cc(C(F)(F)F)c2)on1. The first-order valence-corrected chi connectivity index (χ1v) is 4.85. The molecule has 19 heavy (non-hydrogen) atoms. The summed E-state index contributed by atoms with van der Waals surface area (Å²) in [4.78, 5) is 10.6. The molecule has 4 nitrogen and oxygen atoms in total. The predicted molar refractivity (Wildman–Crippen MR) is 53.9 cm³/mol. The first-order valence-electron chi connectivity index (χ1n) is 4.85. The average molecular weight is 275 g/mol. The number of aromatic nitrogens is 1. The number of aromatic carboxylic acids is 1. The molecule has 1 N–H and O–H groups in total. The molecule has 1 heterocycles. The van der Waals surface area contributed by atoms with E-state index in [1.807, 2.05) is 0 Å². The lowest BCUT2D eigenvalue weighted by molar-refractivity contribution is -0.137. The van der Waals surface area contributed by atoms with E-state index >= 15 is 0 Å². The summed E-state index contributed by atoms with van der Waals surface area (Å²) in [6, 6.07) is 2.69. The lowest BCUT2D eigenvalue weighted by Gasteiger charge is -2.07. The van der Waals surface area contributed by atoms with E-state index in [0.717, 1.165) is 12.1 Å². The van der Waals surface area contributed by atoms with Gasteiger partial charge >= 0.3 is 12.1 Å². The van der Waals surface area contributed by atoms with Crippen molar-refractivity contribution in [3.8, 4) is 11.3 Å². The molecule has 0 radical (unpaired) electrons. The molecule has 1 aromatic carbocycles. The average Bonchev–Trinajstić information content (AvgIpc) is 2.76. The molecule has 0 saturated carbocycles. The Hall–Kier alpha value is -2.38. The van der Waals surface area contributed by atoms with E-state index < -0.39 is 29.2 Å². The molecule has 0 spiro atoms. The van der Waals surface area contributed by atoms with E-state index in [4.69, 9.17) is 5.11 Å². The Balaban J connectivity index is 2.50. The normalized spacial score (nSPS) is 11.6. The number of carbonyl (C=O) groups is 1. The van der Waals surface area contributed by atoms with Gasteiger partial charge in [-0.1, -0.05) is 5.16 Å². The molecule has 0 fully saturated rings. The van der Waals surface area contributed by atoms with Crippen LogP contribution in [0.1, 0.15) is 16.1 Å². The lowest BCUT2D eigenvalue weighted by atomic mass is 10.1. The van der Waals surface area contributed by atoms with Gasteiger partial charge in [0.15, 0.2) is 11.5 Å². The Bertz CT molecular complexity index is 633. The van der Waals surface area contributed by atoms with Gasteiger partial charge in [0.1, 0.15) is 5.82 Å². The molecular formula is C11H5F4NO3. The van der Waals surface area contributed by atoms with Crippen molar-refractivity contribution in [2.75, 3.05) is 0 Å². The third-order valence-corrected chi connectivity index (χ3v) is 2.24. The Morgan fingerprint density at radius 1 is 1.21 bits per heavy atom. The highest BCUT2D eigenvalue weighted by atomic mass is 19.4. The van der Waals surface area contributed by atoms with Crippen LogP contribution in [0.2, 0.25) is 0 Å². The van der Waals surface area contributed by atoms with Crippen LogP contribution in [0.3, 0.4) is 0 Å². The minimum Gasteiger partial charge on any atom is -0.476 e. The molecule has 2 aromatic rings. The smallest absolute Gasteiger partial charge is 0.416 e. The van der Waals surface area contributed by atoms with Crippen LogP contribution in [0.4, 0.5) is 17.6 Å². The molecule has 2 rings (SSSR count). The number of carboxylic acids is 1. The molecule has 8 heteroatoms. The molecule has 0 amide bonds. The zero-order chi connectivity index (χ0) is 14.2. The highest BCUT2D eigenvalue weighted by Gasteiger charge is 2.31. The molecule has 0 bridgehead atoms. The maximum atomic E-state index is 13.1. The topological polar surface area (TPSA) is 63.3 Å². The fraction of sp³-hybridized carbons (Fsp3) is 0.0909. The van der Waals surface area contributed by atoms with E-state index in [2.05, 4.69) is 9.68 Å². The van der Waals surface area contributed by atoms with Crippen molar-refractivity contribution in [1.82, 2.24) is 5.16 Å². The molecule has 0 aliphatic heterocycles. The highest BCUT2D eigenvalue weighted by Crippen LogP contribution is 2.33. The first kappa shape index (κ1) is 13.1. The second kappa shape index (κ2) is 4.38.